The first kappa shape index (κ1) is 48.2. The summed E-state index contributed by atoms with van der Waals surface area (Å²) < 4.78 is 34.8. The fourth-order valence-corrected chi connectivity index (χ4v) is 5.56. The maximum atomic E-state index is 12.6. The van der Waals surface area contributed by atoms with Crippen molar-refractivity contribution < 1.29 is 37.3 Å². The fourth-order valence-electron chi connectivity index (χ4n) is 4.82. The topological polar surface area (TPSA) is 91.3 Å². The Kier molecular flexibility index (Phi) is 33.1. The first-order chi connectivity index (χ1) is 24.1. The second-order valence-electron chi connectivity index (χ2n) is 13.9. The van der Waals surface area contributed by atoms with E-state index in [-0.39, 0.29) is 32.2 Å². The number of unbranched alkanes of at least 4 members (excludes halogenated alkanes) is 11. The molecule has 0 fully saturated rings. The van der Waals surface area contributed by atoms with Gasteiger partial charge in [0, 0.05) is 13.0 Å². The Bertz CT molecular complexity index is 984. The van der Waals surface area contributed by atoms with Crippen molar-refractivity contribution >= 4 is 13.8 Å². The first-order valence-electron chi connectivity index (χ1n) is 19.5. The summed E-state index contributed by atoms with van der Waals surface area (Å²) in [6, 6.07) is 0. The zero-order chi connectivity index (χ0) is 37.0. The molecule has 0 bridgehead atoms. The number of phosphoric acid groups is 1. The van der Waals surface area contributed by atoms with Gasteiger partial charge in [0.15, 0.2) is 0 Å². The van der Waals surface area contributed by atoms with E-state index in [1.54, 1.807) is 0 Å². The highest BCUT2D eigenvalue weighted by Crippen LogP contribution is 2.43. The molecule has 50 heavy (non-hydrogen) atoms. The Morgan fingerprint density at radius 2 is 1.14 bits per heavy atom. The van der Waals surface area contributed by atoms with Crippen LogP contribution in [-0.2, 0) is 27.9 Å². The van der Waals surface area contributed by atoms with Crippen molar-refractivity contribution in [2.24, 2.45) is 0 Å². The average Bonchev–Trinajstić information content (AvgIpc) is 3.06. The number of hydrogen-bond donors (Lipinski definition) is 1. The third-order valence-corrected chi connectivity index (χ3v) is 8.83. The predicted molar refractivity (Wildman–Crippen MR) is 210 cm³/mol. The quantitative estimate of drug-likeness (QED) is 0.0229. The minimum Gasteiger partial charge on any atom is -0.457 e. The van der Waals surface area contributed by atoms with E-state index in [1.165, 1.54) is 57.8 Å². The predicted octanol–water partition coefficient (Wildman–Crippen LogP) is 11.0. The molecule has 2 unspecified atom stereocenters. The van der Waals surface area contributed by atoms with E-state index in [1.807, 2.05) is 21.1 Å². The van der Waals surface area contributed by atoms with E-state index >= 15 is 0 Å². The van der Waals surface area contributed by atoms with Gasteiger partial charge in [-0.25, -0.2) is 4.57 Å². The molecule has 0 aromatic rings. The molecule has 1 N–H and O–H groups in total. The molecule has 8 nitrogen and oxygen atoms in total. The van der Waals surface area contributed by atoms with E-state index in [0.29, 0.717) is 24.1 Å². The van der Waals surface area contributed by atoms with Crippen molar-refractivity contribution in [2.75, 3.05) is 54.1 Å². The van der Waals surface area contributed by atoms with Crippen LogP contribution in [0.4, 0.5) is 0 Å². The van der Waals surface area contributed by atoms with Gasteiger partial charge in [-0.15, -0.1) is 0 Å². The minimum absolute atomic E-state index is 0.0763. The number of likely N-dealkylation sites (N-methyl/N-ethyl adjacent to an activating group) is 1. The normalized spacial score (nSPS) is 14.6. The highest BCUT2D eigenvalue weighted by Gasteiger charge is 2.26. The van der Waals surface area contributed by atoms with Crippen LogP contribution in [0.5, 0.6) is 0 Å². The molecule has 0 rings (SSSR count). The first-order valence-corrected chi connectivity index (χ1v) is 21.0. The number of quaternary nitrogens is 1. The van der Waals surface area contributed by atoms with Gasteiger partial charge in [0.2, 0.25) is 0 Å². The van der Waals surface area contributed by atoms with Gasteiger partial charge in [-0.05, 0) is 51.4 Å². The van der Waals surface area contributed by atoms with Gasteiger partial charge in [-0.1, -0.05) is 139 Å². The molecule has 0 aliphatic rings. The Balaban J connectivity index is 4.41. The van der Waals surface area contributed by atoms with Crippen molar-refractivity contribution in [3.8, 4) is 0 Å². The second kappa shape index (κ2) is 34.3. The molecule has 0 heterocycles. The van der Waals surface area contributed by atoms with Gasteiger partial charge in [0.25, 0.3) is 0 Å². The van der Waals surface area contributed by atoms with Crippen LogP contribution < -0.4 is 0 Å². The van der Waals surface area contributed by atoms with Crippen LogP contribution >= 0.6 is 7.82 Å². The van der Waals surface area contributed by atoms with Crippen LogP contribution in [-0.4, -0.2) is 75.6 Å². The number of ether oxygens (including phenoxy) is 2. The van der Waals surface area contributed by atoms with Crippen LogP contribution in [0, 0.1) is 0 Å². The molecule has 0 spiro atoms. The summed E-state index contributed by atoms with van der Waals surface area (Å²) in [4.78, 5) is 22.8. The summed E-state index contributed by atoms with van der Waals surface area (Å²) in [6.07, 6.45) is 41.1. The summed E-state index contributed by atoms with van der Waals surface area (Å²) >= 11 is 0. The van der Waals surface area contributed by atoms with Gasteiger partial charge >= 0.3 is 13.8 Å². The molecular weight excluding hydrogens is 649 g/mol. The van der Waals surface area contributed by atoms with Gasteiger partial charge in [-0.2, -0.15) is 0 Å². The van der Waals surface area contributed by atoms with Gasteiger partial charge in [-0.3, -0.25) is 13.8 Å². The van der Waals surface area contributed by atoms with Crippen molar-refractivity contribution in [1.29, 1.82) is 0 Å². The fraction of sp³-hybridized carbons (Fsp3) is 0.732. The molecule has 0 aliphatic carbocycles. The summed E-state index contributed by atoms with van der Waals surface area (Å²) in [5.41, 5.74) is 0. The Hall–Kier alpha value is -1.80. The van der Waals surface area contributed by atoms with Gasteiger partial charge in [0.1, 0.15) is 19.3 Å². The molecule has 0 saturated carbocycles. The van der Waals surface area contributed by atoms with Crippen molar-refractivity contribution in [2.45, 2.75) is 142 Å². The number of carbonyl (C=O) groups is 1. The van der Waals surface area contributed by atoms with Crippen LogP contribution in [0.25, 0.3) is 0 Å². The van der Waals surface area contributed by atoms with Crippen LogP contribution in [0.2, 0.25) is 0 Å². The monoisotopic (exact) mass is 725 g/mol. The number of hydrogen-bond acceptors (Lipinski definition) is 6. The third kappa shape index (κ3) is 37.5. The van der Waals surface area contributed by atoms with Crippen LogP contribution in [0.3, 0.4) is 0 Å². The number of esters is 1. The zero-order valence-corrected chi connectivity index (χ0v) is 33.5. The van der Waals surface area contributed by atoms with E-state index in [0.717, 1.165) is 51.4 Å². The highest BCUT2D eigenvalue weighted by molar-refractivity contribution is 7.47. The molecule has 0 aromatic carbocycles. The molecular formula is C41H75NO7P+. The maximum Gasteiger partial charge on any atom is 0.472 e. The molecule has 0 saturated heterocycles. The summed E-state index contributed by atoms with van der Waals surface area (Å²) in [5.74, 6) is -0.372. The number of allylic oxidation sites excluding steroid dienone is 10. The number of carbonyl (C=O) groups excluding carboxylic acids is 1. The lowest BCUT2D eigenvalue weighted by atomic mass is 10.1. The van der Waals surface area contributed by atoms with Crippen molar-refractivity contribution in [3.05, 3.63) is 60.8 Å². The van der Waals surface area contributed by atoms with Crippen molar-refractivity contribution in [1.82, 2.24) is 0 Å². The molecule has 2 atom stereocenters. The molecule has 0 radical (unpaired) electrons. The molecule has 9 heteroatoms. The SMILES string of the molecule is CC/C=C\C/C=C\C/C=C\C/C=C\C/C=C\CCCC(=O)OC(COCCCCCCCCCCCCC)COP(=O)(O)OCC[N+](C)(C)C. The number of nitrogens with zero attached hydrogens (tertiary/aromatic N) is 1. The Labute approximate surface area is 307 Å². The number of phosphoric ester groups is 1. The zero-order valence-electron chi connectivity index (χ0n) is 32.6. The lowest BCUT2D eigenvalue weighted by molar-refractivity contribution is -0.870. The van der Waals surface area contributed by atoms with Crippen molar-refractivity contribution in [3.63, 3.8) is 0 Å². The van der Waals surface area contributed by atoms with Gasteiger partial charge in [0.05, 0.1) is 34.4 Å². The lowest BCUT2D eigenvalue weighted by Crippen LogP contribution is -2.37. The van der Waals surface area contributed by atoms with E-state index < -0.39 is 13.9 Å². The maximum absolute atomic E-state index is 12.6. The molecule has 0 aliphatic heterocycles. The molecule has 0 aromatic heterocycles. The smallest absolute Gasteiger partial charge is 0.457 e. The highest BCUT2D eigenvalue weighted by atomic mass is 31.2. The lowest BCUT2D eigenvalue weighted by Gasteiger charge is -2.24. The molecule has 290 valence electrons. The summed E-state index contributed by atoms with van der Waals surface area (Å²) in [6.45, 7) is 5.40. The van der Waals surface area contributed by atoms with E-state index in [9.17, 15) is 14.3 Å². The second-order valence-corrected chi connectivity index (χ2v) is 15.4. The standard InChI is InChI=1S/C41H74NO7P/c1-6-8-10-12-14-16-18-19-20-21-22-23-24-26-28-30-32-34-41(43)49-40(39-48-50(44,45)47-37-35-42(3,4)5)38-46-36-33-31-29-27-25-17-15-13-11-9-7-2/h8,10,14,16,19-20,22-23,26,28,40H,6-7,9,11-13,15,17-18,21,24-25,27,29-39H2,1-5H3/p+1/b10-8-,16-14-,20-19-,23-22-,28-26-. The van der Waals surface area contributed by atoms with Crippen LogP contribution in [0.1, 0.15) is 136 Å². The number of rotatable bonds is 35. The largest absolute Gasteiger partial charge is 0.472 e. The summed E-state index contributed by atoms with van der Waals surface area (Å²) in [5, 5.41) is 0. The molecule has 0 amide bonds. The average molecular weight is 725 g/mol. The third-order valence-electron chi connectivity index (χ3n) is 7.84. The Morgan fingerprint density at radius 3 is 1.66 bits per heavy atom. The summed E-state index contributed by atoms with van der Waals surface area (Å²) in [7, 11) is 1.62. The Morgan fingerprint density at radius 1 is 0.640 bits per heavy atom. The van der Waals surface area contributed by atoms with Crippen LogP contribution in [0.15, 0.2) is 60.8 Å². The van der Waals surface area contributed by atoms with Gasteiger partial charge < -0.3 is 18.9 Å². The minimum atomic E-state index is -4.28. The van der Waals surface area contributed by atoms with E-state index in [4.69, 9.17) is 18.5 Å². The van der Waals surface area contributed by atoms with E-state index in [2.05, 4.69) is 74.6 Å².